The molecule has 0 saturated heterocycles. The van der Waals surface area contributed by atoms with Gasteiger partial charge in [0.1, 0.15) is 10.4 Å². The van der Waals surface area contributed by atoms with Crippen molar-refractivity contribution in [3.05, 3.63) is 46.4 Å². The fourth-order valence-electron chi connectivity index (χ4n) is 1.26. The van der Waals surface area contributed by atoms with Crippen molar-refractivity contribution in [3.8, 4) is 5.69 Å². The number of rotatable bonds is 1. The van der Waals surface area contributed by atoms with Gasteiger partial charge in [0.25, 0.3) is 0 Å². The van der Waals surface area contributed by atoms with Gasteiger partial charge in [-0.15, -0.1) is 0 Å². The fourth-order valence-corrected chi connectivity index (χ4v) is 1.87. The lowest BCUT2D eigenvalue weighted by molar-refractivity contribution is 0.625. The molecule has 2 nitrogen and oxygen atoms in total. The molecule has 0 saturated carbocycles. The predicted octanol–water partition coefficient (Wildman–Crippen LogP) is 3.08. The average molecular weight is 255 g/mol. The van der Waals surface area contributed by atoms with Gasteiger partial charge in [-0.3, -0.25) is 0 Å². The van der Waals surface area contributed by atoms with Gasteiger partial charge in [-0.05, 0) is 47.1 Å². The summed E-state index contributed by atoms with van der Waals surface area (Å²) in [6.45, 7) is 1.89. The third-order valence-corrected chi connectivity index (χ3v) is 2.41. The minimum atomic E-state index is -0.262. The van der Waals surface area contributed by atoms with Crippen LogP contribution in [0.1, 0.15) is 5.69 Å². The third-order valence-electron chi connectivity index (χ3n) is 1.84. The first-order valence-electron chi connectivity index (χ1n) is 4.15. The van der Waals surface area contributed by atoms with E-state index < -0.39 is 0 Å². The van der Waals surface area contributed by atoms with E-state index in [0.717, 1.165) is 10.3 Å². The van der Waals surface area contributed by atoms with Crippen LogP contribution in [0.3, 0.4) is 0 Å². The van der Waals surface area contributed by atoms with Gasteiger partial charge in [-0.1, -0.05) is 6.07 Å². The zero-order valence-corrected chi connectivity index (χ0v) is 9.12. The van der Waals surface area contributed by atoms with Crippen LogP contribution in [0, 0.1) is 12.7 Å². The van der Waals surface area contributed by atoms with E-state index in [9.17, 15) is 4.39 Å². The van der Waals surface area contributed by atoms with Crippen molar-refractivity contribution in [2.45, 2.75) is 6.92 Å². The summed E-state index contributed by atoms with van der Waals surface area (Å²) in [5, 5.41) is 4.22. The smallest absolute Gasteiger partial charge is 0.125 e. The number of hydrogen-bond donors (Lipinski definition) is 0. The Balaban J connectivity index is 2.54. The standard InChI is InChI=1S/C10H8BrFN2/c1-7-5-10(11)14(13-7)9-4-2-3-8(12)6-9/h2-6H,1H3. The summed E-state index contributed by atoms with van der Waals surface area (Å²) in [6, 6.07) is 8.20. The average Bonchev–Trinajstić information content (AvgIpc) is 2.45. The molecule has 0 aliphatic carbocycles. The second kappa shape index (κ2) is 3.53. The molecule has 72 valence electrons. The molecule has 0 atom stereocenters. The van der Waals surface area contributed by atoms with Gasteiger partial charge in [0.15, 0.2) is 0 Å². The Morgan fingerprint density at radius 3 is 2.71 bits per heavy atom. The van der Waals surface area contributed by atoms with Crippen molar-refractivity contribution >= 4 is 15.9 Å². The maximum Gasteiger partial charge on any atom is 0.125 e. The molecule has 1 aromatic carbocycles. The Morgan fingerprint density at radius 2 is 2.14 bits per heavy atom. The van der Waals surface area contributed by atoms with Gasteiger partial charge in [-0.2, -0.15) is 5.10 Å². The number of aryl methyl sites for hydroxylation is 1. The molecule has 0 N–H and O–H groups in total. The molecule has 0 spiro atoms. The van der Waals surface area contributed by atoms with Crippen molar-refractivity contribution in [3.63, 3.8) is 0 Å². The Bertz CT molecular complexity index is 465. The van der Waals surface area contributed by atoms with Crippen molar-refractivity contribution in [1.29, 1.82) is 0 Å². The van der Waals surface area contributed by atoms with Gasteiger partial charge >= 0.3 is 0 Å². The minimum Gasteiger partial charge on any atom is -0.226 e. The summed E-state index contributed by atoms with van der Waals surface area (Å²) >= 11 is 3.36. The zero-order chi connectivity index (χ0) is 10.1. The van der Waals surface area contributed by atoms with Crippen LogP contribution in [-0.4, -0.2) is 9.78 Å². The first kappa shape index (κ1) is 9.40. The van der Waals surface area contributed by atoms with E-state index in [4.69, 9.17) is 0 Å². The minimum absolute atomic E-state index is 0.262. The van der Waals surface area contributed by atoms with Crippen molar-refractivity contribution in [2.75, 3.05) is 0 Å². The van der Waals surface area contributed by atoms with Crippen LogP contribution >= 0.6 is 15.9 Å². The summed E-state index contributed by atoms with van der Waals surface area (Å²) in [6.07, 6.45) is 0. The third kappa shape index (κ3) is 1.70. The van der Waals surface area contributed by atoms with Gasteiger partial charge in [0.05, 0.1) is 11.4 Å². The summed E-state index contributed by atoms with van der Waals surface area (Å²) in [5.41, 5.74) is 1.60. The molecule has 0 bridgehead atoms. The van der Waals surface area contributed by atoms with Crippen LogP contribution in [0.2, 0.25) is 0 Å². The van der Waals surface area contributed by atoms with E-state index in [1.807, 2.05) is 13.0 Å². The Morgan fingerprint density at radius 1 is 1.36 bits per heavy atom. The normalized spacial score (nSPS) is 10.5. The lowest BCUT2D eigenvalue weighted by Crippen LogP contribution is -1.97. The van der Waals surface area contributed by atoms with Gasteiger partial charge < -0.3 is 0 Å². The van der Waals surface area contributed by atoms with Crippen LogP contribution in [0.25, 0.3) is 5.69 Å². The first-order valence-corrected chi connectivity index (χ1v) is 4.94. The molecule has 0 unspecified atom stereocenters. The molecule has 1 heterocycles. The van der Waals surface area contributed by atoms with Gasteiger partial charge in [-0.25, -0.2) is 9.07 Å². The maximum absolute atomic E-state index is 12.9. The molecule has 4 heteroatoms. The Hall–Kier alpha value is -1.16. The van der Waals surface area contributed by atoms with Crippen LogP contribution in [-0.2, 0) is 0 Å². The maximum atomic E-state index is 12.9. The van der Waals surface area contributed by atoms with Crippen molar-refractivity contribution in [2.24, 2.45) is 0 Å². The SMILES string of the molecule is Cc1cc(Br)n(-c2cccc(F)c2)n1. The highest BCUT2D eigenvalue weighted by molar-refractivity contribution is 9.10. The first-order chi connectivity index (χ1) is 6.66. The lowest BCUT2D eigenvalue weighted by atomic mass is 10.3. The van der Waals surface area contributed by atoms with Crippen LogP contribution in [0.15, 0.2) is 34.9 Å². The van der Waals surface area contributed by atoms with Crippen LogP contribution in [0.4, 0.5) is 4.39 Å². The molecule has 0 radical (unpaired) electrons. The lowest BCUT2D eigenvalue weighted by Gasteiger charge is -2.02. The molecule has 0 fully saturated rings. The number of halogens is 2. The summed E-state index contributed by atoms with van der Waals surface area (Å²) in [5.74, 6) is -0.262. The highest BCUT2D eigenvalue weighted by atomic mass is 79.9. The predicted molar refractivity (Wildman–Crippen MR) is 56.0 cm³/mol. The molecule has 2 aromatic rings. The largest absolute Gasteiger partial charge is 0.226 e. The van der Waals surface area contributed by atoms with E-state index in [2.05, 4.69) is 21.0 Å². The second-order valence-corrected chi connectivity index (χ2v) is 3.81. The van der Waals surface area contributed by atoms with E-state index >= 15 is 0 Å². The molecule has 2 rings (SSSR count). The van der Waals surface area contributed by atoms with Crippen molar-refractivity contribution in [1.82, 2.24) is 9.78 Å². The summed E-state index contributed by atoms with van der Waals surface area (Å²) < 4.78 is 15.4. The van der Waals surface area contributed by atoms with E-state index in [1.54, 1.807) is 16.8 Å². The molecule has 0 aliphatic rings. The molecule has 14 heavy (non-hydrogen) atoms. The van der Waals surface area contributed by atoms with Crippen LogP contribution in [0.5, 0.6) is 0 Å². The number of aromatic nitrogens is 2. The molecule has 1 aromatic heterocycles. The van der Waals surface area contributed by atoms with E-state index in [0.29, 0.717) is 5.69 Å². The quantitative estimate of drug-likeness (QED) is 0.765. The number of nitrogens with zero attached hydrogens (tertiary/aromatic N) is 2. The number of benzene rings is 1. The van der Waals surface area contributed by atoms with Crippen molar-refractivity contribution < 1.29 is 4.39 Å². The molecular weight excluding hydrogens is 247 g/mol. The highest BCUT2D eigenvalue weighted by Gasteiger charge is 2.04. The van der Waals surface area contributed by atoms with E-state index in [1.165, 1.54) is 12.1 Å². The fraction of sp³-hybridized carbons (Fsp3) is 0.100. The highest BCUT2D eigenvalue weighted by Crippen LogP contribution is 2.17. The van der Waals surface area contributed by atoms with E-state index in [-0.39, 0.29) is 5.82 Å². The second-order valence-electron chi connectivity index (χ2n) is 3.00. The van der Waals surface area contributed by atoms with Gasteiger partial charge in [0.2, 0.25) is 0 Å². The summed E-state index contributed by atoms with van der Waals surface area (Å²) in [4.78, 5) is 0. The monoisotopic (exact) mass is 254 g/mol. The zero-order valence-electron chi connectivity index (χ0n) is 7.54. The Kier molecular flexibility index (Phi) is 2.37. The molecule has 0 amide bonds. The topological polar surface area (TPSA) is 17.8 Å². The number of hydrogen-bond acceptors (Lipinski definition) is 1. The molecule has 0 aliphatic heterocycles. The van der Waals surface area contributed by atoms with Crippen LogP contribution < -0.4 is 0 Å². The van der Waals surface area contributed by atoms with Gasteiger partial charge in [0, 0.05) is 0 Å². The Labute approximate surface area is 89.5 Å². The molecular formula is C10H8BrFN2. The summed E-state index contributed by atoms with van der Waals surface area (Å²) in [7, 11) is 0.